The van der Waals surface area contributed by atoms with Crippen LogP contribution in [-0.4, -0.2) is 8.97 Å². The molecule has 4 heterocycles. The van der Waals surface area contributed by atoms with Crippen LogP contribution in [0.5, 0.6) is 0 Å². The van der Waals surface area contributed by atoms with Crippen LogP contribution in [0.15, 0.2) is 222 Å². The lowest BCUT2D eigenvalue weighted by Crippen LogP contribution is -2.26. The third-order valence-corrected chi connectivity index (χ3v) is 15.0. The molecule has 0 amide bonds. The number of furan rings is 1. The number of para-hydroxylation sites is 3. The molecule has 1 atom stereocenters. The van der Waals surface area contributed by atoms with Crippen molar-refractivity contribution in [2.24, 2.45) is 0 Å². The van der Waals surface area contributed by atoms with Gasteiger partial charge in [0.15, 0.2) is 0 Å². The largest absolute Gasteiger partial charge is 0.456 e. The van der Waals surface area contributed by atoms with Gasteiger partial charge in [0.05, 0.1) is 27.5 Å². The van der Waals surface area contributed by atoms with Crippen molar-refractivity contribution in [2.45, 2.75) is 5.41 Å². The van der Waals surface area contributed by atoms with Gasteiger partial charge in [0.2, 0.25) is 0 Å². The van der Waals surface area contributed by atoms with Gasteiger partial charge in [-0.05, 0) is 122 Å². The lowest BCUT2D eigenvalue weighted by atomic mass is 9.69. The van der Waals surface area contributed by atoms with E-state index in [4.69, 9.17) is 4.42 Å². The van der Waals surface area contributed by atoms with Crippen LogP contribution in [0.1, 0.15) is 22.3 Å². The zero-order chi connectivity index (χ0) is 43.6. The van der Waals surface area contributed by atoms with E-state index in [-0.39, 0.29) is 5.56 Å². The number of pyridine rings is 1. The third kappa shape index (κ3) is 4.18. The van der Waals surface area contributed by atoms with Gasteiger partial charge >= 0.3 is 0 Å². The zero-order valence-electron chi connectivity index (χ0n) is 35.6. The lowest BCUT2D eigenvalue weighted by molar-refractivity contribution is 0.669. The maximum atomic E-state index is 14.3. The van der Waals surface area contributed by atoms with Crippen LogP contribution in [0, 0.1) is 0 Å². The summed E-state index contributed by atoms with van der Waals surface area (Å²) in [7, 11) is 0. The predicted octanol–water partition coefficient (Wildman–Crippen LogP) is 15.3. The highest BCUT2D eigenvalue weighted by Crippen LogP contribution is 2.63. The van der Waals surface area contributed by atoms with Gasteiger partial charge in [-0.3, -0.25) is 9.20 Å². The van der Waals surface area contributed by atoms with Gasteiger partial charge in [-0.25, -0.2) is 0 Å². The van der Waals surface area contributed by atoms with Gasteiger partial charge < -0.3 is 8.98 Å². The van der Waals surface area contributed by atoms with Gasteiger partial charge in [-0.2, -0.15) is 0 Å². The van der Waals surface area contributed by atoms with Crippen LogP contribution >= 0.6 is 0 Å². The van der Waals surface area contributed by atoms with E-state index in [1.54, 1.807) is 0 Å². The average Bonchev–Trinajstić information content (AvgIpc) is 4.15. The lowest BCUT2D eigenvalue weighted by Gasteiger charge is -2.31. The van der Waals surface area contributed by atoms with Crippen molar-refractivity contribution < 1.29 is 4.42 Å². The third-order valence-electron chi connectivity index (χ3n) is 15.0. The SMILES string of the molecule is C=CC1=C(C=C)C2(c3ccccc31)c1ccccc1-c1cc3c(cc12)c1ccccc1n3-c1ccc2oc3cccc(-c4ccc5c(=O)n6c7ccccc7c7cccc(c5c4)c76)c3c2c1. The molecule has 0 N–H and O–H groups in total. The Balaban J connectivity index is 0.972. The highest BCUT2D eigenvalue weighted by Gasteiger charge is 2.52. The first-order valence-corrected chi connectivity index (χ1v) is 22.5. The summed E-state index contributed by atoms with van der Waals surface area (Å²) < 4.78 is 11.0. The molecule has 4 heteroatoms. The van der Waals surface area contributed by atoms with Crippen molar-refractivity contribution in [3.63, 3.8) is 0 Å². The molecule has 1 unspecified atom stereocenters. The summed E-state index contributed by atoms with van der Waals surface area (Å²) in [6.07, 6.45) is 4.06. The Labute approximate surface area is 377 Å². The van der Waals surface area contributed by atoms with Crippen molar-refractivity contribution in [3.05, 3.63) is 245 Å². The van der Waals surface area contributed by atoms with Gasteiger partial charge in [0.1, 0.15) is 11.2 Å². The molecule has 2 aliphatic carbocycles. The van der Waals surface area contributed by atoms with Gasteiger partial charge in [-0.15, -0.1) is 0 Å². The first kappa shape index (κ1) is 35.7. The van der Waals surface area contributed by atoms with Crippen molar-refractivity contribution in [1.29, 1.82) is 0 Å². The standard InChI is InChI=1S/C62H36N2O2/c1-3-37-39-15-5-9-22-51(39)62(50(37)4-2)52-23-10-6-16-40(52)47-34-56-48(33-53(47)62)42-18-8-11-24-54(42)63(56)36-28-30-57-49(32-36)59-38(19-14-26-58(59)66-57)35-27-29-45-46(31-35)44-21-13-20-43-41-17-7-12-25-55(41)64(60(43)44)61(45)65/h3-34H,1-2H2. The normalized spacial score (nSPS) is 15.5. The number of allylic oxidation sites excluding steroid dienone is 4. The fourth-order valence-electron chi connectivity index (χ4n) is 12.5. The smallest absolute Gasteiger partial charge is 0.263 e. The molecule has 4 aromatic heterocycles. The Bertz CT molecular complexity index is 4480. The molecule has 15 rings (SSSR count). The van der Waals surface area contributed by atoms with E-state index in [0.717, 1.165) is 87.9 Å². The highest BCUT2D eigenvalue weighted by atomic mass is 16.3. The Kier molecular flexibility index (Phi) is 6.76. The van der Waals surface area contributed by atoms with E-state index in [0.29, 0.717) is 5.39 Å². The number of nitrogens with zero attached hydrogens (tertiary/aromatic N) is 2. The second kappa shape index (κ2) is 12.5. The fourth-order valence-corrected chi connectivity index (χ4v) is 12.5. The Morgan fingerprint density at radius 2 is 1.14 bits per heavy atom. The molecule has 2 aliphatic rings. The summed E-state index contributed by atoms with van der Waals surface area (Å²) in [4.78, 5) is 14.3. The Hall–Kier alpha value is -8.73. The van der Waals surface area contributed by atoms with E-state index in [9.17, 15) is 4.79 Å². The van der Waals surface area contributed by atoms with Crippen molar-refractivity contribution in [1.82, 2.24) is 8.97 Å². The van der Waals surface area contributed by atoms with Crippen LogP contribution in [0.2, 0.25) is 0 Å². The molecule has 0 saturated heterocycles. The Morgan fingerprint density at radius 1 is 0.455 bits per heavy atom. The summed E-state index contributed by atoms with van der Waals surface area (Å²) in [5.41, 5.74) is 18.2. The van der Waals surface area contributed by atoms with Crippen molar-refractivity contribution in [3.8, 4) is 27.9 Å². The maximum absolute atomic E-state index is 14.3. The monoisotopic (exact) mass is 840 g/mol. The van der Waals surface area contributed by atoms with E-state index in [2.05, 4.69) is 182 Å². The number of fused-ring (bicyclic) bond motifs is 18. The van der Waals surface area contributed by atoms with E-state index >= 15 is 0 Å². The molecule has 0 aliphatic heterocycles. The van der Waals surface area contributed by atoms with Crippen LogP contribution in [0.25, 0.3) is 115 Å². The molecule has 0 fully saturated rings. The molecular weight excluding hydrogens is 805 g/mol. The second-order valence-corrected chi connectivity index (χ2v) is 17.9. The molecule has 0 saturated carbocycles. The molecule has 66 heavy (non-hydrogen) atoms. The van der Waals surface area contributed by atoms with Crippen LogP contribution in [0.4, 0.5) is 0 Å². The average molecular weight is 841 g/mol. The van der Waals surface area contributed by atoms with Crippen LogP contribution < -0.4 is 5.56 Å². The summed E-state index contributed by atoms with van der Waals surface area (Å²) >= 11 is 0. The quantitative estimate of drug-likeness (QED) is 0.166. The minimum Gasteiger partial charge on any atom is -0.456 e. The number of aromatic nitrogens is 2. The van der Waals surface area contributed by atoms with Crippen molar-refractivity contribution >= 4 is 87.3 Å². The second-order valence-electron chi connectivity index (χ2n) is 17.9. The number of benzene rings is 9. The zero-order valence-corrected chi connectivity index (χ0v) is 35.6. The Morgan fingerprint density at radius 3 is 1.95 bits per heavy atom. The van der Waals surface area contributed by atoms with Gasteiger partial charge in [0.25, 0.3) is 5.56 Å². The first-order chi connectivity index (χ1) is 32.6. The first-order valence-electron chi connectivity index (χ1n) is 22.5. The minimum atomic E-state index is -0.523. The molecule has 13 aromatic rings. The topological polar surface area (TPSA) is 39.5 Å². The minimum absolute atomic E-state index is 0.000667. The molecule has 0 radical (unpaired) electrons. The maximum Gasteiger partial charge on any atom is 0.263 e. The van der Waals surface area contributed by atoms with E-state index in [1.807, 2.05) is 34.7 Å². The number of rotatable bonds is 4. The van der Waals surface area contributed by atoms with Crippen LogP contribution in [-0.2, 0) is 5.41 Å². The fraction of sp³-hybridized carbons (Fsp3) is 0.0161. The molecule has 306 valence electrons. The number of hydrogen-bond donors (Lipinski definition) is 0. The molecule has 4 nitrogen and oxygen atoms in total. The van der Waals surface area contributed by atoms with E-state index in [1.165, 1.54) is 49.7 Å². The van der Waals surface area contributed by atoms with Crippen LogP contribution in [0.3, 0.4) is 0 Å². The van der Waals surface area contributed by atoms with Gasteiger partial charge in [-0.1, -0.05) is 147 Å². The van der Waals surface area contributed by atoms with E-state index < -0.39 is 5.41 Å². The summed E-state index contributed by atoms with van der Waals surface area (Å²) in [5.74, 6) is 0. The predicted molar refractivity (Wildman–Crippen MR) is 273 cm³/mol. The summed E-state index contributed by atoms with van der Waals surface area (Å²) in [6, 6.07) is 65.1. The highest BCUT2D eigenvalue weighted by molar-refractivity contribution is 6.21. The molecular formula is C62H36N2O2. The summed E-state index contributed by atoms with van der Waals surface area (Å²) in [6.45, 7) is 8.73. The number of hydrogen-bond acceptors (Lipinski definition) is 2. The van der Waals surface area contributed by atoms with Gasteiger partial charge in [0, 0.05) is 48.8 Å². The molecule has 1 spiro atoms. The molecule has 9 aromatic carbocycles. The molecule has 0 bridgehead atoms. The van der Waals surface area contributed by atoms with Crippen molar-refractivity contribution in [2.75, 3.05) is 0 Å². The summed E-state index contributed by atoms with van der Waals surface area (Å²) in [5, 5.41) is 9.35.